The first-order chi connectivity index (χ1) is 14.2. The molecule has 1 aromatic carbocycles. The fourth-order valence-corrected chi connectivity index (χ4v) is 3.43. The predicted molar refractivity (Wildman–Crippen MR) is 99.3 cm³/mol. The van der Waals surface area contributed by atoms with E-state index < -0.39 is 6.36 Å². The van der Waals surface area contributed by atoms with Crippen LogP contribution in [0.2, 0.25) is 0 Å². The number of rotatable bonds is 4. The largest absolute Gasteiger partial charge is 0.573 e. The van der Waals surface area contributed by atoms with E-state index in [1.54, 1.807) is 6.92 Å². The zero-order valence-electron chi connectivity index (χ0n) is 15.8. The second kappa shape index (κ2) is 7.43. The van der Waals surface area contributed by atoms with Gasteiger partial charge in [0.1, 0.15) is 17.8 Å². The molecule has 1 aliphatic heterocycles. The molecule has 0 spiro atoms. The van der Waals surface area contributed by atoms with Crippen molar-refractivity contribution in [2.24, 2.45) is 0 Å². The quantitative estimate of drug-likeness (QED) is 0.698. The Hall–Kier alpha value is -3.43. The fourth-order valence-electron chi connectivity index (χ4n) is 3.43. The number of hydrogen-bond donors (Lipinski definition) is 1. The standard InChI is InChI=1S/C20H17F3N2O5/c1-11-6-17(26)18(9-28-11)29-10-19(27)25-5-4-16-14(8-25)13-7-12(30-20(21,22)23)2-3-15(13)24-16/h2-3,6-7,9,24H,4-5,8,10H2,1H3. The lowest BCUT2D eigenvalue weighted by Crippen LogP contribution is -2.39. The summed E-state index contributed by atoms with van der Waals surface area (Å²) in [6.07, 6.45) is -3.12. The number of nitrogens with zero attached hydrogens (tertiary/aromatic N) is 1. The van der Waals surface area contributed by atoms with Gasteiger partial charge in [0.25, 0.3) is 5.91 Å². The van der Waals surface area contributed by atoms with Crippen molar-refractivity contribution in [2.75, 3.05) is 13.2 Å². The number of H-pyrrole nitrogens is 1. The van der Waals surface area contributed by atoms with Crippen LogP contribution in [0.15, 0.2) is 39.7 Å². The molecule has 30 heavy (non-hydrogen) atoms. The van der Waals surface area contributed by atoms with E-state index in [-0.39, 0.29) is 36.0 Å². The first-order valence-corrected chi connectivity index (χ1v) is 9.09. The van der Waals surface area contributed by atoms with Crippen LogP contribution in [0.3, 0.4) is 0 Å². The highest BCUT2D eigenvalue weighted by molar-refractivity contribution is 5.87. The topological polar surface area (TPSA) is 84.8 Å². The van der Waals surface area contributed by atoms with Gasteiger partial charge < -0.3 is 23.8 Å². The summed E-state index contributed by atoms with van der Waals surface area (Å²) < 4.78 is 52.0. The number of aryl methyl sites for hydroxylation is 1. The summed E-state index contributed by atoms with van der Waals surface area (Å²) in [5.74, 6) is -0.310. The molecule has 4 rings (SSSR count). The van der Waals surface area contributed by atoms with Crippen LogP contribution in [0.5, 0.6) is 11.5 Å². The van der Waals surface area contributed by atoms with E-state index in [0.717, 1.165) is 17.5 Å². The molecule has 0 unspecified atom stereocenters. The molecule has 0 aliphatic carbocycles. The normalized spacial score (nSPS) is 13.9. The summed E-state index contributed by atoms with van der Waals surface area (Å²) in [6, 6.07) is 5.32. The third-order valence-corrected chi connectivity index (χ3v) is 4.81. The number of hydrogen-bond acceptors (Lipinski definition) is 5. The molecular weight excluding hydrogens is 405 g/mol. The average molecular weight is 422 g/mol. The molecule has 0 fully saturated rings. The number of ether oxygens (including phenoxy) is 2. The number of halogens is 3. The monoisotopic (exact) mass is 422 g/mol. The third-order valence-electron chi connectivity index (χ3n) is 4.81. The molecular formula is C20H17F3N2O5. The Bertz CT molecular complexity index is 1170. The zero-order valence-corrected chi connectivity index (χ0v) is 15.8. The molecule has 7 nitrogen and oxygen atoms in total. The van der Waals surface area contributed by atoms with Gasteiger partial charge in [-0.2, -0.15) is 0 Å². The van der Waals surface area contributed by atoms with Crippen molar-refractivity contribution in [3.05, 3.63) is 57.8 Å². The van der Waals surface area contributed by atoms with Crippen LogP contribution in [0.25, 0.3) is 10.9 Å². The van der Waals surface area contributed by atoms with Gasteiger partial charge in [-0.15, -0.1) is 13.2 Å². The number of aromatic nitrogens is 1. The molecule has 0 atom stereocenters. The summed E-state index contributed by atoms with van der Waals surface area (Å²) in [5.41, 5.74) is 1.86. The van der Waals surface area contributed by atoms with Crippen LogP contribution in [-0.2, 0) is 17.8 Å². The van der Waals surface area contributed by atoms with Crippen molar-refractivity contribution >= 4 is 16.8 Å². The van der Waals surface area contributed by atoms with Gasteiger partial charge in [-0.1, -0.05) is 0 Å². The first-order valence-electron chi connectivity index (χ1n) is 9.09. The number of carbonyl (C=O) groups is 1. The highest BCUT2D eigenvalue weighted by atomic mass is 19.4. The molecule has 0 bridgehead atoms. The predicted octanol–water partition coefficient (Wildman–Crippen LogP) is 3.29. The minimum Gasteiger partial charge on any atom is -0.477 e. The fraction of sp³-hybridized carbons (Fsp3) is 0.300. The Morgan fingerprint density at radius 3 is 2.83 bits per heavy atom. The number of benzene rings is 1. The van der Waals surface area contributed by atoms with Crippen LogP contribution in [-0.4, -0.2) is 35.3 Å². The molecule has 3 aromatic rings. The van der Waals surface area contributed by atoms with Gasteiger partial charge in [-0.3, -0.25) is 9.59 Å². The lowest BCUT2D eigenvalue weighted by Gasteiger charge is -2.27. The Kier molecular flexibility index (Phi) is 4.92. The van der Waals surface area contributed by atoms with E-state index in [9.17, 15) is 22.8 Å². The van der Waals surface area contributed by atoms with Crippen LogP contribution in [0.1, 0.15) is 17.0 Å². The maximum atomic E-state index is 12.6. The third kappa shape index (κ3) is 4.12. The van der Waals surface area contributed by atoms with E-state index in [1.165, 1.54) is 29.2 Å². The van der Waals surface area contributed by atoms with Gasteiger partial charge in [-0.25, -0.2) is 0 Å². The van der Waals surface area contributed by atoms with Gasteiger partial charge in [-0.05, 0) is 25.1 Å². The molecule has 0 saturated carbocycles. The molecule has 1 amide bonds. The number of alkyl halides is 3. The molecule has 10 heteroatoms. The van der Waals surface area contributed by atoms with Gasteiger partial charge in [0.2, 0.25) is 11.2 Å². The maximum absolute atomic E-state index is 12.6. The van der Waals surface area contributed by atoms with Gasteiger partial charge in [0.15, 0.2) is 6.61 Å². The van der Waals surface area contributed by atoms with Crippen molar-refractivity contribution in [3.8, 4) is 11.5 Å². The van der Waals surface area contributed by atoms with Gasteiger partial charge in [0.05, 0.1) is 0 Å². The van der Waals surface area contributed by atoms with Crippen molar-refractivity contribution in [2.45, 2.75) is 26.3 Å². The smallest absolute Gasteiger partial charge is 0.477 e. The summed E-state index contributed by atoms with van der Waals surface area (Å²) in [7, 11) is 0. The minimum atomic E-state index is -4.79. The van der Waals surface area contributed by atoms with Crippen molar-refractivity contribution < 1.29 is 31.9 Å². The maximum Gasteiger partial charge on any atom is 0.573 e. The van der Waals surface area contributed by atoms with Gasteiger partial charge >= 0.3 is 6.36 Å². The van der Waals surface area contributed by atoms with Gasteiger partial charge in [0, 0.05) is 47.7 Å². The van der Waals surface area contributed by atoms with Crippen molar-refractivity contribution in [1.29, 1.82) is 0 Å². The molecule has 158 valence electrons. The molecule has 0 saturated heterocycles. The number of amides is 1. The second-order valence-corrected chi connectivity index (χ2v) is 6.91. The summed E-state index contributed by atoms with van der Waals surface area (Å²) in [6.45, 7) is 1.88. The van der Waals surface area contributed by atoms with E-state index in [1.807, 2.05) is 0 Å². The van der Waals surface area contributed by atoms with E-state index >= 15 is 0 Å². The Morgan fingerprint density at radius 2 is 2.10 bits per heavy atom. The molecule has 2 aromatic heterocycles. The lowest BCUT2D eigenvalue weighted by atomic mass is 10.0. The van der Waals surface area contributed by atoms with Crippen molar-refractivity contribution in [1.82, 2.24) is 9.88 Å². The molecule has 0 radical (unpaired) electrons. The Morgan fingerprint density at radius 1 is 1.30 bits per heavy atom. The number of nitrogens with one attached hydrogen (secondary N) is 1. The number of aromatic amines is 1. The van der Waals surface area contributed by atoms with E-state index in [4.69, 9.17) is 9.15 Å². The summed E-state index contributed by atoms with van der Waals surface area (Å²) in [4.78, 5) is 29.1. The zero-order chi connectivity index (χ0) is 21.5. The van der Waals surface area contributed by atoms with E-state index in [0.29, 0.717) is 29.6 Å². The average Bonchev–Trinajstić information content (AvgIpc) is 3.03. The Labute approximate surface area is 168 Å². The van der Waals surface area contributed by atoms with Crippen molar-refractivity contribution in [3.63, 3.8) is 0 Å². The number of fused-ring (bicyclic) bond motifs is 3. The highest BCUT2D eigenvalue weighted by Crippen LogP contribution is 2.32. The van der Waals surface area contributed by atoms with Crippen LogP contribution < -0.4 is 14.9 Å². The molecule has 3 heterocycles. The molecule has 1 N–H and O–H groups in total. The summed E-state index contributed by atoms with van der Waals surface area (Å²) in [5, 5.41) is 0.560. The Balaban J connectivity index is 1.50. The lowest BCUT2D eigenvalue weighted by molar-refractivity contribution is -0.274. The van der Waals surface area contributed by atoms with Crippen LogP contribution in [0.4, 0.5) is 13.2 Å². The second-order valence-electron chi connectivity index (χ2n) is 6.91. The minimum absolute atomic E-state index is 0.0623. The SMILES string of the molecule is Cc1cc(=O)c(OCC(=O)N2CCc3[nH]c4ccc(OC(F)(F)F)cc4c3C2)co1. The molecule has 1 aliphatic rings. The highest BCUT2D eigenvalue weighted by Gasteiger charge is 2.31. The van der Waals surface area contributed by atoms with Crippen LogP contribution >= 0.6 is 0 Å². The van der Waals surface area contributed by atoms with Crippen LogP contribution in [0, 0.1) is 6.92 Å². The van der Waals surface area contributed by atoms with E-state index in [2.05, 4.69) is 9.72 Å². The number of carbonyl (C=O) groups excluding carboxylic acids is 1. The first kappa shape index (κ1) is 19.9. The summed E-state index contributed by atoms with van der Waals surface area (Å²) >= 11 is 0.